The lowest BCUT2D eigenvalue weighted by molar-refractivity contribution is -0.139. The van der Waals surface area contributed by atoms with E-state index in [1.807, 2.05) is 30.3 Å². The molecule has 4 heteroatoms. The number of carbonyl (C=O) groups is 2. The van der Waals surface area contributed by atoms with Gasteiger partial charge in [-0.1, -0.05) is 63.3 Å². The van der Waals surface area contributed by atoms with Crippen LogP contribution in [-0.4, -0.2) is 24.7 Å². The van der Waals surface area contributed by atoms with Gasteiger partial charge in [-0.25, -0.2) is 0 Å². The number of carbonyl (C=O) groups excluding carboxylic acids is 2. The van der Waals surface area contributed by atoms with Gasteiger partial charge in [0.05, 0.1) is 14.6 Å². The number of hydrogen-bond donors (Lipinski definition) is 0. The summed E-state index contributed by atoms with van der Waals surface area (Å²) in [5.41, 5.74) is 2.05. The average Bonchev–Trinajstić information content (AvgIpc) is 2.70. The zero-order valence-corrected chi connectivity index (χ0v) is 15.0. The van der Waals surface area contributed by atoms with E-state index in [-0.39, 0.29) is 11.7 Å². The molecule has 1 amide bonds. The van der Waals surface area contributed by atoms with Crippen molar-refractivity contribution in [1.29, 1.82) is 0 Å². The Balaban J connectivity index is 2.39. The lowest BCUT2D eigenvalue weighted by Gasteiger charge is -2.23. The largest absolute Gasteiger partial charge is 0.305 e. The molecule has 0 atom stereocenters. The highest BCUT2D eigenvalue weighted by molar-refractivity contribution is 6.90. The summed E-state index contributed by atoms with van der Waals surface area (Å²) in [6, 6.07) is 9.89. The molecule has 1 heterocycles. The lowest BCUT2D eigenvalue weighted by Crippen LogP contribution is -2.31. The molecule has 0 bridgehead atoms. The van der Waals surface area contributed by atoms with E-state index in [2.05, 4.69) is 26.6 Å². The Bertz CT molecular complexity index is 599. The summed E-state index contributed by atoms with van der Waals surface area (Å²) in [5, 5.41) is 0.835. The van der Waals surface area contributed by atoms with Gasteiger partial charge in [0.2, 0.25) is 5.78 Å². The molecule has 0 aliphatic carbocycles. The topological polar surface area (TPSA) is 37.4 Å². The SMILES string of the molecule is CCCCC1=C([Si](C)(C)C)C(=O)C(=O)N1Cc1ccccc1. The molecule has 0 fully saturated rings. The van der Waals surface area contributed by atoms with E-state index in [0.717, 1.165) is 35.7 Å². The number of rotatable bonds is 6. The number of ketones is 1. The maximum Gasteiger partial charge on any atom is 0.298 e. The number of nitrogens with zero attached hydrogens (tertiary/aromatic N) is 1. The fourth-order valence-corrected chi connectivity index (χ4v) is 4.84. The van der Waals surface area contributed by atoms with Gasteiger partial charge in [0.1, 0.15) is 0 Å². The maximum atomic E-state index is 12.5. The van der Waals surface area contributed by atoms with Gasteiger partial charge in [-0.05, 0) is 18.4 Å². The minimum atomic E-state index is -1.83. The maximum absolute atomic E-state index is 12.5. The third kappa shape index (κ3) is 3.38. The van der Waals surface area contributed by atoms with Crippen molar-refractivity contribution in [3.8, 4) is 0 Å². The smallest absolute Gasteiger partial charge is 0.298 e. The van der Waals surface area contributed by atoms with E-state index in [1.165, 1.54) is 0 Å². The molecule has 1 aromatic carbocycles. The Hall–Kier alpha value is -1.68. The summed E-state index contributed by atoms with van der Waals surface area (Å²) in [6.07, 6.45) is 2.89. The molecule has 118 valence electrons. The van der Waals surface area contributed by atoms with Crippen LogP contribution in [0.4, 0.5) is 0 Å². The molecular formula is C18H25NO2Si. The van der Waals surface area contributed by atoms with E-state index >= 15 is 0 Å². The van der Waals surface area contributed by atoms with Gasteiger partial charge in [0.15, 0.2) is 0 Å². The summed E-state index contributed by atoms with van der Waals surface area (Å²) in [7, 11) is -1.83. The van der Waals surface area contributed by atoms with Crippen molar-refractivity contribution in [2.24, 2.45) is 0 Å². The third-order valence-corrected chi connectivity index (χ3v) is 6.00. The van der Waals surface area contributed by atoms with E-state index in [0.29, 0.717) is 6.54 Å². The molecule has 3 nitrogen and oxygen atoms in total. The molecule has 0 saturated carbocycles. The standard InChI is InChI=1S/C18H25NO2Si/c1-5-6-12-15-17(22(2,3)4)16(20)18(21)19(15)13-14-10-8-7-9-11-14/h7-11H,5-6,12-13H2,1-4H3. The van der Waals surface area contributed by atoms with Crippen molar-refractivity contribution in [3.63, 3.8) is 0 Å². The molecular weight excluding hydrogens is 290 g/mol. The fourth-order valence-electron chi connectivity index (χ4n) is 2.93. The van der Waals surface area contributed by atoms with Gasteiger partial charge in [0, 0.05) is 10.9 Å². The van der Waals surface area contributed by atoms with Crippen LogP contribution in [0.5, 0.6) is 0 Å². The summed E-state index contributed by atoms with van der Waals surface area (Å²) >= 11 is 0. The second kappa shape index (κ2) is 6.61. The molecule has 1 aliphatic rings. The van der Waals surface area contributed by atoms with Crippen LogP contribution in [0.15, 0.2) is 41.2 Å². The van der Waals surface area contributed by atoms with Crippen LogP contribution in [0, 0.1) is 0 Å². The van der Waals surface area contributed by atoms with Crippen molar-refractivity contribution < 1.29 is 9.59 Å². The number of hydrogen-bond acceptors (Lipinski definition) is 2. The van der Waals surface area contributed by atoms with Crippen molar-refractivity contribution in [1.82, 2.24) is 4.90 Å². The van der Waals surface area contributed by atoms with Crippen molar-refractivity contribution in [2.45, 2.75) is 52.4 Å². The van der Waals surface area contributed by atoms with Crippen LogP contribution in [-0.2, 0) is 16.1 Å². The second-order valence-corrected chi connectivity index (χ2v) is 11.9. The molecule has 2 rings (SSSR count). The second-order valence-electron chi connectivity index (χ2n) is 6.88. The molecule has 0 aromatic heterocycles. The normalized spacial score (nSPS) is 15.9. The first-order chi connectivity index (χ1) is 10.4. The van der Waals surface area contributed by atoms with Crippen molar-refractivity contribution in [3.05, 3.63) is 46.8 Å². The first kappa shape index (κ1) is 16.7. The Labute approximate surface area is 134 Å². The Kier molecular flexibility index (Phi) is 5.01. The molecule has 22 heavy (non-hydrogen) atoms. The zero-order chi connectivity index (χ0) is 16.3. The van der Waals surface area contributed by atoms with Crippen LogP contribution >= 0.6 is 0 Å². The van der Waals surface area contributed by atoms with Crippen molar-refractivity contribution in [2.75, 3.05) is 0 Å². The van der Waals surface area contributed by atoms with E-state index < -0.39 is 8.07 Å². The summed E-state index contributed by atoms with van der Waals surface area (Å²) in [5.74, 6) is -0.603. The minimum Gasteiger partial charge on any atom is -0.305 e. The summed E-state index contributed by atoms with van der Waals surface area (Å²) in [4.78, 5) is 26.7. The Morgan fingerprint density at radius 1 is 1.05 bits per heavy atom. The molecule has 1 aliphatic heterocycles. The fraction of sp³-hybridized carbons (Fsp3) is 0.444. The minimum absolute atomic E-state index is 0.263. The zero-order valence-electron chi connectivity index (χ0n) is 14.0. The highest BCUT2D eigenvalue weighted by Gasteiger charge is 2.43. The number of allylic oxidation sites excluding steroid dienone is 1. The highest BCUT2D eigenvalue weighted by Crippen LogP contribution is 2.33. The predicted octanol–water partition coefficient (Wildman–Crippen LogP) is 3.92. The third-order valence-electron chi connectivity index (χ3n) is 3.98. The predicted molar refractivity (Wildman–Crippen MR) is 91.9 cm³/mol. The summed E-state index contributed by atoms with van der Waals surface area (Å²) in [6.45, 7) is 9.07. The first-order valence-corrected chi connectivity index (χ1v) is 11.5. The van der Waals surface area contributed by atoms with Gasteiger partial charge in [-0.2, -0.15) is 0 Å². The van der Waals surface area contributed by atoms with E-state index in [9.17, 15) is 9.59 Å². The highest BCUT2D eigenvalue weighted by atomic mass is 28.3. The number of Topliss-reactive ketones (excluding diaryl/α,β-unsaturated/α-hetero) is 1. The van der Waals surface area contributed by atoms with Crippen LogP contribution in [0.25, 0.3) is 0 Å². The Morgan fingerprint density at radius 2 is 1.68 bits per heavy atom. The van der Waals surface area contributed by atoms with Crippen LogP contribution in [0.2, 0.25) is 19.6 Å². The lowest BCUT2D eigenvalue weighted by atomic mass is 10.1. The summed E-state index contributed by atoms with van der Waals surface area (Å²) < 4.78 is 0. The van der Waals surface area contributed by atoms with Gasteiger partial charge in [-0.15, -0.1) is 0 Å². The quantitative estimate of drug-likeness (QED) is 0.589. The number of benzene rings is 1. The van der Waals surface area contributed by atoms with E-state index in [4.69, 9.17) is 0 Å². The van der Waals surface area contributed by atoms with E-state index in [1.54, 1.807) is 4.90 Å². The Morgan fingerprint density at radius 3 is 2.23 bits per heavy atom. The van der Waals surface area contributed by atoms with Crippen LogP contribution in [0.1, 0.15) is 31.7 Å². The molecule has 0 saturated heterocycles. The molecule has 0 radical (unpaired) electrons. The molecule has 0 spiro atoms. The van der Waals surface area contributed by atoms with Gasteiger partial charge in [0.25, 0.3) is 5.91 Å². The van der Waals surface area contributed by atoms with Gasteiger partial charge in [-0.3, -0.25) is 9.59 Å². The average molecular weight is 315 g/mol. The molecule has 0 unspecified atom stereocenters. The van der Waals surface area contributed by atoms with Gasteiger partial charge >= 0.3 is 0 Å². The van der Waals surface area contributed by atoms with Crippen LogP contribution < -0.4 is 0 Å². The number of unbranched alkanes of at least 4 members (excludes halogenated alkanes) is 1. The van der Waals surface area contributed by atoms with Gasteiger partial charge < -0.3 is 4.90 Å². The molecule has 1 aromatic rings. The molecule has 0 N–H and O–H groups in total. The van der Waals surface area contributed by atoms with Crippen LogP contribution in [0.3, 0.4) is 0 Å². The monoisotopic (exact) mass is 315 g/mol. The first-order valence-electron chi connectivity index (χ1n) is 8.00. The number of amides is 1. The van der Waals surface area contributed by atoms with Crippen molar-refractivity contribution >= 4 is 19.8 Å².